The van der Waals surface area contributed by atoms with Crippen LogP contribution in [0, 0.1) is 6.92 Å². The maximum absolute atomic E-state index is 3.51. The van der Waals surface area contributed by atoms with Crippen LogP contribution in [0.2, 0.25) is 0 Å². The van der Waals surface area contributed by atoms with Crippen LogP contribution >= 0.6 is 0 Å². The summed E-state index contributed by atoms with van der Waals surface area (Å²) in [6, 6.07) is 9.54. The first kappa shape index (κ1) is 14.3. The molecule has 1 aliphatic carbocycles. The molecule has 1 aromatic rings. The van der Waals surface area contributed by atoms with Gasteiger partial charge in [0.15, 0.2) is 0 Å². The van der Waals surface area contributed by atoms with Crippen molar-refractivity contribution in [3.63, 3.8) is 0 Å². The molecule has 1 aromatic carbocycles. The molecule has 104 valence electrons. The third kappa shape index (κ3) is 4.50. The molecule has 0 aromatic heterocycles. The van der Waals surface area contributed by atoms with Crippen molar-refractivity contribution in [1.29, 1.82) is 0 Å². The number of likely N-dealkylation sites (N-methyl/N-ethyl adjacent to an activating group) is 1. The average Bonchev–Trinajstić information content (AvgIpc) is 2.71. The Hall–Kier alpha value is -1.08. The predicted molar refractivity (Wildman–Crippen MR) is 83.5 cm³/mol. The topological polar surface area (TPSA) is 12.0 Å². The number of hydrogen-bond donors (Lipinski definition) is 1. The maximum atomic E-state index is 3.51. The Kier molecular flexibility index (Phi) is 5.65. The van der Waals surface area contributed by atoms with Gasteiger partial charge in [0.05, 0.1) is 0 Å². The van der Waals surface area contributed by atoms with Gasteiger partial charge in [-0.3, -0.25) is 0 Å². The minimum absolute atomic E-state index is 0.569. The van der Waals surface area contributed by atoms with Crippen molar-refractivity contribution in [2.75, 3.05) is 7.05 Å². The summed E-state index contributed by atoms with van der Waals surface area (Å²) in [5.74, 6) is 0. The second-order valence-electron chi connectivity index (χ2n) is 5.74. The molecule has 1 nitrogen and oxygen atoms in total. The second kappa shape index (κ2) is 7.49. The second-order valence-corrected chi connectivity index (χ2v) is 5.74. The highest BCUT2D eigenvalue weighted by molar-refractivity contribution is 5.22. The van der Waals surface area contributed by atoms with Crippen molar-refractivity contribution in [2.24, 2.45) is 0 Å². The fourth-order valence-electron chi connectivity index (χ4n) is 2.94. The van der Waals surface area contributed by atoms with Crippen LogP contribution in [0.1, 0.15) is 49.7 Å². The minimum Gasteiger partial charge on any atom is -0.313 e. The smallest absolute Gasteiger partial charge is 0.0279 e. The van der Waals surface area contributed by atoms with Crippen LogP contribution in [-0.2, 0) is 6.42 Å². The van der Waals surface area contributed by atoms with E-state index in [1.807, 2.05) is 0 Å². The van der Waals surface area contributed by atoms with Crippen LogP contribution in [0.25, 0.3) is 0 Å². The van der Waals surface area contributed by atoms with Crippen molar-refractivity contribution in [3.05, 3.63) is 47.0 Å². The molecule has 0 heterocycles. The first-order valence-electron chi connectivity index (χ1n) is 7.71. The summed E-state index contributed by atoms with van der Waals surface area (Å²) in [5, 5.41) is 3.51. The van der Waals surface area contributed by atoms with Crippen LogP contribution in [0.4, 0.5) is 0 Å². The zero-order chi connectivity index (χ0) is 13.5. The highest BCUT2D eigenvalue weighted by atomic mass is 14.9. The summed E-state index contributed by atoms with van der Waals surface area (Å²) >= 11 is 0. The third-order valence-electron chi connectivity index (χ3n) is 4.21. The van der Waals surface area contributed by atoms with E-state index in [0.717, 1.165) is 0 Å². The van der Waals surface area contributed by atoms with Crippen molar-refractivity contribution in [2.45, 2.75) is 57.9 Å². The summed E-state index contributed by atoms with van der Waals surface area (Å²) in [4.78, 5) is 0. The van der Waals surface area contributed by atoms with Gasteiger partial charge >= 0.3 is 0 Å². The molecule has 0 spiro atoms. The third-order valence-corrected chi connectivity index (χ3v) is 4.21. The maximum Gasteiger partial charge on any atom is 0.0279 e. The first-order valence-corrected chi connectivity index (χ1v) is 7.71. The molecule has 0 radical (unpaired) electrons. The van der Waals surface area contributed by atoms with E-state index in [0.29, 0.717) is 6.04 Å². The molecule has 0 bridgehead atoms. The van der Waals surface area contributed by atoms with E-state index in [1.54, 1.807) is 5.57 Å². The molecule has 1 aliphatic rings. The number of aryl methyl sites for hydroxylation is 2. The molecule has 2 rings (SSSR count). The zero-order valence-electron chi connectivity index (χ0n) is 12.4. The van der Waals surface area contributed by atoms with Crippen molar-refractivity contribution >= 4 is 0 Å². The Labute approximate surface area is 118 Å². The molecular formula is C18H27N. The Morgan fingerprint density at radius 2 is 1.89 bits per heavy atom. The summed E-state index contributed by atoms with van der Waals surface area (Å²) in [6.07, 6.45) is 11.6. The van der Waals surface area contributed by atoms with Crippen molar-refractivity contribution < 1.29 is 0 Å². The van der Waals surface area contributed by atoms with E-state index >= 15 is 0 Å². The van der Waals surface area contributed by atoms with E-state index in [9.17, 15) is 0 Å². The molecular weight excluding hydrogens is 230 g/mol. The SMILES string of the molecule is CNC(CCc1ccc(C)cc1)C1=CCCCCC1. The summed E-state index contributed by atoms with van der Waals surface area (Å²) < 4.78 is 0. The standard InChI is InChI=1S/C18H27N/c1-15-9-11-16(12-10-15)13-14-18(19-2)17-7-5-3-4-6-8-17/h7,9-12,18-19H,3-6,8,13-14H2,1-2H3. The Morgan fingerprint density at radius 3 is 2.63 bits per heavy atom. The zero-order valence-corrected chi connectivity index (χ0v) is 12.4. The lowest BCUT2D eigenvalue weighted by Gasteiger charge is -2.19. The van der Waals surface area contributed by atoms with Crippen molar-refractivity contribution in [3.8, 4) is 0 Å². The molecule has 1 N–H and O–H groups in total. The summed E-state index contributed by atoms with van der Waals surface area (Å²) in [6.45, 7) is 2.15. The van der Waals surface area contributed by atoms with Crippen LogP contribution in [0.15, 0.2) is 35.9 Å². The van der Waals surface area contributed by atoms with E-state index < -0.39 is 0 Å². The van der Waals surface area contributed by atoms with Crippen LogP contribution in [0.5, 0.6) is 0 Å². The van der Waals surface area contributed by atoms with Gasteiger partial charge in [-0.15, -0.1) is 0 Å². The van der Waals surface area contributed by atoms with Crippen LogP contribution in [-0.4, -0.2) is 13.1 Å². The normalized spacial score (nSPS) is 17.7. The van der Waals surface area contributed by atoms with Gasteiger partial charge in [-0.25, -0.2) is 0 Å². The Balaban J connectivity index is 1.91. The van der Waals surface area contributed by atoms with Crippen LogP contribution in [0.3, 0.4) is 0 Å². The Bertz CT molecular complexity index is 402. The average molecular weight is 257 g/mol. The lowest BCUT2D eigenvalue weighted by Crippen LogP contribution is -2.28. The molecule has 0 saturated carbocycles. The van der Waals surface area contributed by atoms with Gasteiger partial charge in [-0.1, -0.05) is 47.9 Å². The van der Waals surface area contributed by atoms with E-state index in [-0.39, 0.29) is 0 Å². The highest BCUT2D eigenvalue weighted by Crippen LogP contribution is 2.22. The number of allylic oxidation sites excluding steroid dienone is 1. The molecule has 19 heavy (non-hydrogen) atoms. The van der Waals surface area contributed by atoms with Gasteiger partial charge in [0.1, 0.15) is 0 Å². The van der Waals surface area contributed by atoms with Gasteiger partial charge in [0.2, 0.25) is 0 Å². The van der Waals surface area contributed by atoms with E-state index in [2.05, 4.69) is 49.6 Å². The lowest BCUT2D eigenvalue weighted by atomic mass is 9.95. The van der Waals surface area contributed by atoms with Crippen LogP contribution < -0.4 is 5.32 Å². The molecule has 0 fully saturated rings. The van der Waals surface area contributed by atoms with Crippen molar-refractivity contribution in [1.82, 2.24) is 5.32 Å². The van der Waals surface area contributed by atoms with E-state index in [4.69, 9.17) is 0 Å². The summed E-state index contributed by atoms with van der Waals surface area (Å²) in [5.41, 5.74) is 4.45. The molecule has 1 unspecified atom stereocenters. The molecule has 1 atom stereocenters. The number of benzene rings is 1. The summed E-state index contributed by atoms with van der Waals surface area (Å²) in [7, 11) is 2.10. The number of hydrogen-bond acceptors (Lipinski definition) is 1. The number of nitrogens with one attached hydrogen (secondary N) is 1. The van der Waals surface area contributed by atoms with Gasteiger partial charge in [0.25, 0.3) is 0 Å². The van der Waals surface area contributed by atoms with Gasteiger partial charge in [0, 0.05) is 6.04 Å². The van der Waals surface area contributed by atoms with E-state index in [1.165, 1.54) is 56.1 Å². The van der Waals surface area contributed by atoms with Gasteiger partial charge in [-0.05, 0) is 58.1 Å². The number of rotatable bonds is 5. The largest absolute Gasteiger partial charge is 0.313 e. The quantitative estimate of drug-likeness (QED) is 0.771. The van der Waals surface area contributed by atoms with Gasteiger partial charge in [-0.2, -0.15) is 0 Å². The highest BCUT2D eigenvalue weighted by Gasteiger charge is 2.13. The molecule has 1 heteroatoms. The monoisotopic (exact) mass is 257 g/mol. The fourth-order valence-corrected chi connectivity index (χ4v) is 2.94. The molecule has 0 amide bonds. The Morgan fingerprint density at radius 1 is 1.11 bits per heavy atom. The first-order chi connectivity index (χ1) is 9.29. The van der Waals surface area contributed by atoms with Gasteiger partial charge < -0.3 is 5.32 Å². The lowest BCUT2D eigenvalue weighted by molar-refractivity contribution is 0.562. The fraction of sp³-hybridized carbons (Fsp3) is 0.556. The predicted octanol–water partition coefficient (Wildman–Crippen LogP) is 4.41. The molecule has 0 aliphatic heterocycles. The molecule has 0 saturated heterocycles. The minimum atomic E-state index is 0.569.